The Morgan fingerprint density at radius 3 is 2.33 bits per heavy atom. The number of carbonyl (C=O) groups excluding carboxylic acids is 2. The number of anilines is 2. The summed E-state index contributed by atoms with van der Waals surface area (Å²) in [5, 5.41) is 8.36. The number of piperazine rings is 1. The zero-order chi connectivity index (χ0) is 32.5. The molecule has 256 valence electrons. The Morgan fingerprint density at radius 1 is 1.00 bits per heavy atom. The molecule has 1 aliphatic carbocycles. The number of nitrogens with zero attached hydrogens (tertiary/aromatic N) is 5. The van der Waals surface area contributed by atoms with Crippen LogP contribution in [0.15, 0.2) is 12.4 Å². The van der Waals surface area contributed by atoms with Gasteiger partial charge in [-0.05, 0) is 38.6 Å². The summed E-state index contributed by atoms with van der Waals surface area (Å²) >= 11 is 0. The highest BCUT2D eigenvalue weighted by Crippen LogP contribution is 2.44. The van der Waals surface area contributed by atoms with Crippen molar-refractivity contribution < 1.29 is 18.4 Å². The number of alkyl halides is 1. The maximum absolute atomic E-state index is 15.6. The van der Waals surface area contributed by atoms with Crippen molar-refractivity contribution in [2.75, 3.05) is 69.6 Å². The van der Waals surface area contributed by atoms with Crippen molar-refractivity contribution in [1.29, 1.82) is 0 Å². The van der Waals surface area contributed by atoms with E-state index in [4.69, 9.17) is 5.73 Å². The Kier molecular flexibility index (Phi) is 10.1. The molecule has 4 unspecified atom stereocenters. The fourth-order valence-corrected chi connectivity index (χ4v) is 8.68. The van der Waals surface area contributed by atoms with Crippen molar-refractivity contribution in [3.05, 3.63) is 18.2 Å². The maximum Gasteiger partial charge on any atom is 0.233 e. The van der Waals surface area contributed by atoms with Crippen molar-refractivity contribution >= 4 is 23.2 Å². The fraction of sp³-hybridized carbons (Fsp3) is 0.788. The highest BCUT2D eigenvalue weighted by Gasteiger charge is 2.61. The summed E-state index contributed by atoms with van der Waals surface area (Å²) < 4.78 is 30.3. The van der Waals surface area contributed by atoms with Crippen molar-refractivity contribution in [1.82, 2.24) is 30.5 Å². The number of aromatic nitrogens is 1. The third kappa shape index (κ3) is 6.50. The van der Waals surface area contributed by atoms with Crippen LogP contribution in [0.1, 0.15) is 71.1 Å². The monoisotopic (exact) mass is 645 g/mol. The lowest BCUT2D eigenvalue weighted by atomic mass is 9.74. The Hall–Kier alpha value is -2.45. The van der Waals surface area contributed by atoms with Crippen molar-refractivity contribution in [2.45, 2.75) is 89.1 Å². The minimum Gasteiger partial charge on any atom is -0.367 e. The number of piperidine rings is 1. The van der Waals surface area contributed by atoms with Crippen molar-refractivity contribution in [2.24, 2.45) is 23.0 Å². The number of rotatable bonds is 5. The Morgan fingerprint density at radius 2 is 1.65 bits per heavy atom. The van der Waals surface area contributed by atoms with E-state index in [2.05, 4.69) is 33.0 Å². The maximum atomic E-state index is 15.6. The molecule has 5 heterocycles. The fourth-order valence-electron chi connectivity index (χ4n) is 8.68. The van der Waals surface area contributed by atoms with E-state index in [1.165, 1.54) is 25.2 Å². The zero-order valence-corrected chi connectivity index (χ0v) is 27.6. The molecule has 0 radical (unpaired) electrons. The first-order valence-corrected chi connectivity index (χ1v) is 17.5. The van der Waals surface area contributed by atoms with Gasteiger partial charge in [0.05, 0.1) is 24.2 Å². The van der Waals surface area contributed by atoms with Gasteiger partial charge >= 0.3 is 0 Å². The third-order valence-electron chi connectivity index (χ3n) is 11.5. The van der Waals surface area contributed by atoms with Crippen LogP contribution in [0.25, 0.3) is 0 Å². The molecule has 0 aromatic carbocycles. The number of pyridine rings is 1. The number of nitrogens with two attached hydrogens (primary N) is 1. The largest absolute Gasteiger partial charge is 0.367 e. The average molecular weight is 646 g/mol. The Bertz CT molecular complexity index is 1230. The van der Waals surface area contributed by atoms with Gasteiger partial charge in [0.1, 0.15) is 23.4 Å². The van der Waals surface area contributed by atoms with E-state index in [1.807, 2.05) is 21.7 Å². The first-order chi connectivity index (χ1) is 22.1. The lowest BCUT2D eigenvalue weighted by Crippen LogP contribution is -2.72. The highest BCUT2D eigenvalue weighted by molar-refractivity contribution is 5.97. The molecule has 5 N–H and O–H groups in total. The van der Waals surface area contributed by atoms with Crippen LogP contribution in [0.5, 0.6) is 0 Å². The van der Waals surface area contributed by atoms with E-state index in [0.29, 0.717) is 25.9 Å². The SMILES string of the molecule is CN1CCN(C(=O)C2(C)CCN(c3c(F)cncc3NC(=O)C3C(N)NN4CC(F)CNC34C3CCCCCCCC3)CC2)CC1. The number of amides is 2. The lowest BCUT2D eigenvalue weighted by Gasteiger charge is -2.50. The molecule has 2 amide bonds. The molecule has 5 fully saturated rings. The van der Waals surface area contributed by atoms with Crippen LogP contribution in [-0.4, -0.2) is 109 Å². The molecule has 1 aromatic heterocycles. The van der Waals surface area contributed by atoms with Crippen LogP contribution < -0.4 is 26.7 Å². The van der Waals surface area contributed by atoms with Crippen LogP contribution in [0.2, 0.25) is 0 Å². The predicted molar refractivity (Wildman–Crippen MR) is 174 cm³/mol. The summed E-state index contributed by atoms with van der Waals surface area (Å²) in [4.78, 5) is 38.1. The first-order valence-electron chi connectivity index (χ1n) is 17.5. The molecule has 6 rings (SSSR count). The zero-order valence-electron chi connectivity index (χ0n) is 27.6. The number of fused-ring (bicyclic) bond motifs is 1. The highest BCUT2D eigenvalue weighted by atomic mass is 19.1. The minimum atomic E-state index is -1.09. The molecule has 46 heavy (non-hydrogen) atoms. The second-order valence-electron chi connectivity index (χ2n) is 14.6. The van der Waals surface area contributed by atoms with E-state index in [-0.39, 0.29) is 42.2 Å². The lowest BCUT2D eigenvalue weighted by molar-refractivity contribution is -0.144. The van der Waals surface area contributed by atoms with Gasteiger partial charge in [-0.3, -0.25) is 19.9 Å². The molecule has 0 spiro atoms. The summed E-state index contributed by atoms with van der Waals surface area (Å²) in [5.41, 5.74) is 9.09. The molecular weight excluding hydrogens is 592 g/mol. The molecule has 1 saturated carbocycles. The molecule has 4 saturated heterocycles. The molecule has 13 heteroatoms. The number of hydrazine groups is 1. The second kappa shape index (κ2) is 14.0. The van der Waals surface area contributed by atoms with Crippen LogP contribution in [0, 0.1) is 23.1 Å². The number of likely N-dealkylation sites (N-methyl/N-ethyl adjacent to an activating group) is 1. The Labute approximate surface area is 271 Å². The van der Waals surface area contributed by atoms with Crippen LogP contribution in [0.3, 0.4) is 0 Å². The molecule has 0 bridgehead atoms. The molecule has 4 aliphatic heterocycles. The smallest absolute Gasteiger partial charge is 0.233 e. The number of carbonyl (C=O) groups is 2. The van der Waals surface area contributed by atoms with Crippen molar-refractivity contribution in [3.63, 3.8) is 0 Å². The van der Waals surface area contributed by atoms with E-state index >= 15 is 4.39 Å². The Balaban J connectivity index is 1.21. The number of nitrogens with one attached hydrogen (secondary N) is 3. The van der Waals surface area contributed by atoms with Gasteiger partial charge in [0.2, 0.25) is 11.8 Å². The molecule has 5 aliphatic rings. The van der Waals surface area contributed by atoms with Gasteiger partial charge in [-0.25, -0.2) is 19.2 Å². The predicted octanol–water partition coefficient (Wildman–Crippen LogP) is 2.65. The summed E-state index contributed by atoms with van der Waals surface area (Å²) in [5.74, 6) is -1.34. The van der Waals surface area contributed by atoms with Crippen LogP contribution >= 0.6 is 0 Å². The van der Waals surface area contributed by atoms with Gasteiger partial charge < -0.3 is 25.8 Å². The van der Waals surface area contributed by atoms with E-state index < -0.39 is 35.2 Å². The first kappa shape index (κ1) is 33.5. The van der Waals surface area contributed by atoms with Gasteiger partial charge in [0.25, 0.3) is 0 Å². The molecule has 4 atom stereocenters. The number of hydrogen-bond acceptors (Lipinski definition) is 9. The standard InChI is InChI=1S/C33H53F2N9O2/c1-32(31(46)43-17-15-41(2)16-18-43)11-13-42(14-12-32)28-25(35)20-37-21-26(28)39-30(45)27-29(36)40-44-22-24(34)19-38-33(27,44)23-9-7-5-3-4-6-8-10-23/h20-21,23-24,27,29,38,40H,3-19,22,36H2,1-2H3,(H,39,45). The quantitative estimate of drug-likeness (QED) is 0.383. The summed E-state index contributed by atoms with van der Waals surface area (Å²) in [6.45, 7) is 6.45. The molecule has 1 aromatic rings. The topological polar surface area (TPSA) is 122 Å². The summed E-state index contributed by atoms with van der Waals surface area (Å²) in [6.07, 6.45) is 10.6. The van der Waals surface area contributed by atoms with Gasteiger partial charge in [-0.15, -0.1) is 0 Å². The average Bonchev–Trinajstić information content (AvgIpc) is 3.40. The minimum absolute atomic E-state index is 0.0950. The van der Waals surface area contributed by atoms with Gasteiger partial charge in [-0.1, -0.05) is 45.4 Å². The van der Waals surface area contributed by atoms with Crippen LogP contribution in [-0.2, 0) is 9.59 Å². The van der Waals surface area contributed by atoms with E-state index in [1.54, 1.807) is 0 Å². The van der Waals surface area contributed by atoms with E-state index in [9.17, 15) is 14.0 Å². The van der Waals surface area contributed by atoms with E-state index in [0.717, 1.165) is 64.7 Å². The van der Waals surface area contributed by atoms with Gasteiger partial charge in [0.15, 0.2) is 5.82 Å². The van der Waals surface area contributed by atoms with Gasteiger partial charge in [0, 0.05) is 57.8 Å². The molecular formula is C33H53F2N9O2. The summed E-state index contributed by atoms with van der Waals surface area (Å²) in [7, 11) is 2.07. The van der Waals surface area contributed by atoms with Crippen LogP contribution in [0.4, 0.5) is 20.2 Å². The second-order valence-corrected chi connectivity index (χ2v) is 14.6. The van der Waals surface area contributed by atoms with Crippen molar-refractivity contribution in [3.8, 4) is 0 Å². The number of hydrogen-bond donors (Lipinski definition) is 4. The number of halogens is 2. The third-order valence-corrected chi connectivity index (χ3v) is 11.5. The summed E-state index contributed by atoms with van der Waals surface area (Å²) in [6, 6.07) is 0. The molecule has 11 nitrogen and oxygen atoms in total. The van der Waals surface area contributed by atoms with Gasteiger partial charge in [-0.2, -0.15) is 0 Å². The normalized spacial score (nSPS) is 31.9.